The Morgan fingerprint density at radius 3 is 2.21 bits per heavy atom. The molecular weight excluding hydrogens is 340 g/mol. The van der Waals surface area contributed by atoms with Gasteiger partial charge >= 0.3 is 0 Å². The quantitative estimate of drug-likeness (QED) is 0.777. The van der Waals surface area contributed by atoms with Gasteiger partial charge in [0.25, 0.3) is 0 Å². The maximum atomic E-state index is 13.5. The van der Waals surface area contributed by atoms with Crippen molar-refractivity contribution in [2.24, 2.45) is 11.3 Å². The molecule has 1 saturated carbocycles. The standard InChI is InChI=1S/C16H19F2N3O2.ClH/c1-9(22)20-13-6-11(17)12(18)7-14(13)21-15(23)10-8-16(10)2-4-19-5-3-16;/h6-7,10,19H,2-5,8H2,1H3,(H,20,22)(H,21,23);1H. The summed E-state index contributed by atoms with van der Waals surface area (Å²) in [6.45, 7) is 3.05. The fourth-order valence-corrected chi connectivity index (χ4v) is 3.36. The average Bonchev–Trinajstić information content (AvgIpc) is 3.18. The van der Waals surface area contributed by atoms with Crippen molar-refractivity contribution in [1.29, 1.82) is 0 Å². The smallest absolute Gasteiger partial charge is 0.228 e. The Kier molecular flexibility index (Phi) is 5.45. The lowest BCUT2D eigenvalue weighted by Crippen LogP contribution is -2.31. The SMILES string of the molecule is CC(=O)Nc1cc(F)c(F)cc1NC(=O)C1CC12CCNCC2.Cl. The molecule has 2 amide bonds. The van der Waals surface area contributed by atoms with Gasteiger partial charge in [-0.15, -0.1) is 12.4 Å². The molecule has 1 aliphatic heterocycles. The maximum Gasteiger partial charge on any atom is 0.228 e. The van der Waals surface area contributed by atoms with Crippen molar-refractivity contribution in [1.82, 2.24) is 5.32 Å². The number of hydrogen-bond donors (Lipinski definition) is 3. The third-order valence-electron chi connectivity index (χ3n) is 4.73. The molecule has 1 saturated heterocycles. The van der Waals surface area contributed by atoms with Crippen LogP contribution in [0.5, 0.6) is 0 Å². The minimum absolute atomic E-state index is 0. The molecule has 24 heavy (non-hydrogen) atoms. The Hall–Kier alpha value is -1.73. The zero-order chi connectivity index (χ0) is 16.6. The minimum Gasteiger partial charge on any atom is -0.324 e. The minimum atomic E-state index is -1.08. The van der Waals surface area contributed by atoms with Crippen LogP contribution in [0.4, 0.5) is 20.2 Å². The number of piperidine rings is 1. The summed E-state index contributed by atoms with van der Waals surface area (Å²) in [5, 5.41) is 8.31. The van der Waals surface area contributed by atoms with E-state index in [1.54, 1.807) is 0 Å². The molecule has 1 spiro atoms. The molecule has 132 valence electrons. The van der Waals surface area contributed by atoms with Gasteiger partial charge in [-0.05, 0) is 37.8 Å². The molecule has 1 aromatic rings. The van der Waals surface area contributed by atoms with E-state index in [2.05, 4.69) is 16.0 Å². The van der Waals surface area contributed by atoms with E-state index in [1.807, 2.05) is 0 Å². The second-order valence-electron chi connectivity index (χ2n) is 6.35. The van der Waals surface area contributed by atoms with Crippen molar-refractivity contribution in [2.75, 3.05) is 23.7 Å². The maximum absolute atomic E-state index is 13.5. The number of anilines is 2. The van der Waals surface area contributed by atoms with Crippen LogP contribution in [-0.4, -0.2) is 24.9 Å². The van der Waals surface area contributed by atoms with Crippen molar-refractivity contribution >= 4 is 35.6 Å². The highest BCUT2D eigenvalue weighted by Crippen LogP contribution is 2.58. The van der Waals surface area contributed by atoms with Crippen LogP contribution in [0.2, 0.25) is 0 Å². The van der Waals surface area contributed by atoms with Crippen molar-refractivity contribution in [3.05, 3.63) is 23.8 Å². The average molecular weight is 360 g/mol. The Morgan fingerprint density at radius 2 is 1.67 bits per heavy atom. The van der Waals surface area contributed by atoms with E-state index in [0.29, 0.717) is 0 Å². The van der Waals surface area contributed by atoms with Gasteiger partial charge in [0.05, 0.1) is 11.4 Å². The number of carbonyl (C=O) groups excluding carboxylic acids is 2. The normalized spacial score (nSPS) is 20.9. The van der Waals surface area contributed by atoms with Crippen LogP contribution < -0.4 is 16.0 Å². The second-order valence-corrected chi connectivity index (χ2v) is 6.35. The second kappa shape index (κ2) is 7.03. The molecular formula is C16H20ClF2N3O2. The molecule has 0 radical (unpaired) electrons. The first-order valence-electron chi connectivity index (χ1n) is 7.69. The fourth-order valence-electron chi connectivity index (χ4n) is 3.36. The van der Waals surface area contributed by atoms with Gasteiger partial charge < -0.3 is 16.0 Å². The fraction of sp³-hybridized carbons (Fsp3) is 0.500. The van der Waals surface area contributed by atoms with Gasteiger partial charge in [-0.2, -0.15) is 0 Å². The van der Waals surface area contributed by atoms with Crippen molar-refractivity contribution in [3.8, 4) is 0 Å². The molecule has 0 bridgehead atoms. The van der Waals surface area contributed by atoms with E-state index >= 15 is 0 Å². The summed E-state index contributed by atoms with van der Waals surface area (Å²) in [6, 6.07) is 1.77. The lowest BCUT2D eigenvalue weighted by Gasteiger charge is -2.23. The Balaban J connectivity index is 0.00000208. The van der Waals surface area contributed by atoms with Crippen molar-refractivity contribution in [2.45, 2.75) is 26.2 Å². The van der Waals surface area contributed by atoms with Crippen LogP contribution in [-0.2, 0) is 9.59 Å². The predicted octanol–water partition coefficient (Wildman–Crippen LogP) is 2.67. The molecule has 3 rings (SSSR count). The number of hydrogen-bond acceptors (Lipinski definition) is 3. The van der Waals surface area contributed by atoms with Gasteiger partial charge in [-0.3, -0.25) is 9.59 Å². The molecule has 1 heterocycles. The van der Waals surface area contributed by atoms with Crippen LogP contribution >= 0.6 is 12.4 Å². The highest BCUT2D eigenvalue weighted by atomic mass is 35.5. The summed E-state index contributed by atoms with van der Waals surface area (Å²) in [7, 11) is 0. The highest BCUT2D eigenvalue weighted by molar-refractivity contribution is 6.00. The van der Waals surface area contributed by atoms with Gasteiger partial charge in [0.15, 0.2) is 11.6 Å². The number of nitrogens with one attached hydrogen (secondary N) is 3. The van der Waals surface area contributed by atoms with Gasteiger partial charge in [-0.1, -0.05) is 0 Å². The Morgan fingerprint density at radius 1 is 1.12 bits per heavy atom. The summed E-state index contributed by atoms with van der Waals surface area (Å²) in [4.78, 5) is 23.6. The van der Waals surface area contributed by atoms with Crippen molar-refractivity contribution in [3.63, 3.8) is 0 Å². The predicted molar refractivity (Wildman–Crippen MR) is 89.2 cm³/mol. The molecule has 5 nitrogen and oxygen atoms in total. The van der Waals surface area contributed by atoms with Gasteiger partial charge in [0, 0.05) is 25.0 Å². The monoisotopic (exact) mass is 359 g/mol. The lowest BCUT2D eigenvalue weighted by atomic mass is 9.92. The molecule has 1 unspecified atom stereocenters. The van der Waals surface area contributed by atoms with Crippen LogP contribution in [0.3, 0.4) is 0 Å². The van der Waals surface area contributed by atoms with Gasteiger partial charge in [0.2, 0.25) is 11.8 Å². The molecule has 2 fully saturated rings. The molecule has 8 heteroatoms. The summed E-state index contributed by atoms with van der Waals surface area (Å²) < 4.78 is 26.8. The van der Waals surface area contributed by atoms with Crippen LogP contribution in [0.15, 0.2) is 12.1 Å². The highest BCUT2D eigenvalue weighted by Gasteiger charge is 2.57. The third-order valence-corrected chi connectivity index (χ3v) is 4.73. The molecule has 1 aromatic carbocycles. The van der Waals surface area contributed by atoms with E-state index in [1.165, 1.54) is 6.92 Å². The number of carbonyl (C=O) groups is 2. The number of benzene rings is 1. The van der Waals surface area contributed by atoms with Crippen LogP contribution in [0.25, 0.3) is 0 Å². The summed E-state index contributed by atoms with van der Waals surface area (Å²) in [5.41, 5.74) is 0.187. The summed E-state index contributed by atoms with van der Waals surface area (Å²) in [5.74, 6) is -2.88. The van der Waals surface area contributed by atoms with E-state index in [-0.39, 0.29) is 41.0 Å². The Labute approximate surface area is 145 Å². The van der Waals surface area contributed by atoms with Crippen LogP contribution in [0, 0.1) is 23.0 Å². The molecule has 1 aliphatic carbocycles. The first kappa shape index (κ1) is 18.6. The number of halogens is 3. The molecule has 1 atom stereocenters. The topological polar surface area (TPSA) is 70.2 Å². The summed E-state index contributed by atoms with van der Waals surface area (Å²) >= 11 is 0. The van der Waals surface area contributed by atoms with E-state index in [0.717, 1.165) is 44.5 Å². The first-order valence-corrected chi connectivity index (χ1v) is 7.69. The molecule has 3 N–H and O–H groups in total. The largest absolute Gasteiger partial charge is 0.324 e. The number of rotatable bonds is 3. The zero-order valence-electron chi connectivity index (χ0n) is 13.2. The number of amides is 2. The third kappa shape index (κ3) is 3.67. The Bertz CT molecular complexity index is 663. The van der Waals surface area contributed by atoms with Crippen molar-refractivity contribution < 1.29 is 18.4 Å². The van der Waals surface area contributed by atoms with Gasteiger partial charge in [0.1, 0.15) is 0 Å². The summed E-state index contributed by atoms with van der Waals surface area (Å²) in [6.07, 6.45) is 2.71. The lowest BCUT2D eigenvalue weighted by molar-refractivity contribution is -0.118. The molecule has 0 aromatic heterocycles. The van der Waals surface area contributed by atoms with E-state index in [4.69, 9.17) is 0 Å². The van der Waals surface area contributed by atoms with Gasteiger partial charge in [-0.25, -0.2) is 8.78 Å². The van der Waals surface area contributed by atoms with E-state index < -0.39 is 17.5 Å². The molecule has 2 aliphatic rings. The van der Waals surface area contributed by atoms with E-state index in [9.17, 15) is 18.4 Å². The first-order chi connectivity index (χ1) is 10.9. The van der Waals surface area contributed by atoms with Crippen LogP contribution in [0.1, 0.15) is 26.2 Å². The zero-order valence-corrected chi connectivity index (χ0v) is 14.1.